The van der Waals surface area contributed by atoms with Gasteiger partial charge in [0.05, 0.1) is 4.47 Å². The van der Waals surface area contributed by atoms with Crippen molar-refractivity contribution in [3.8, 4) is 11.6 Å². The van der Waals surface area contributed by atoms with Crippen molar-refractivity contribution < 1.29 is 4.74 Å². The third kappa shape index (κ3) is 2.86. The molecule has 0 aliphatic heterocycles. The summed E-state index contributed by atoms with van der Waals surface area (Å²) in [7, 11) is 0. The van der Waals surface area contributed by atoms with Gasteiger partial charge in [-0.2, -0.15) is 0 Å². The third-order valence-corrected chi connectivity index (χ3v) is 3.07. The van der Waals surface area contributed by atoms with E-state index in [1.54, 1.807) is 6.20 Å². The van der Waals surface area contributed by atoms with Crippen LogP contribution in [-0.2, 0) is 6.42 Å². The van der Waals surface area contributed by atoms with Crippen molar-refractivity contribution in [2.24, 2.45) is 0 Å². The first-order chi connectivity index (χ1) is 8.20. The molecule has 1 heterocycles. The Morgan fingerprint density at radius 1 is 1.29 bits per heavy atom. The average molecular weight is 292 g/mol. The van der Waals surface area contributed by atoms with Gasteiger partial charge in [0.1, 0.15) is 5.75 Å². The molecule has 2 nitrogen and oxygen atoms in total. The summed E-state index contributed by atoms with van der Waals surface area (Å²) in [5, 5.41) is 0. The van der Waals surface area contributed by atoms with Crippen LogP contribution in [0.4, 0.5) is 0 Å². The number of para-hydroxylation sites is 1. The molecule has 0 amide bonds. The molecule has 1 aromatic carbocycles. The van der Waals surface area contributed by atoms with Crippen LogP contribution < -0.4 is 4.74 Å². The van der Waals surface area contributed by atoms with E-state index in [9.17, 15) is 0 Å². The predicted octanol–water partition coefficient (Wildman–Crippen LogP) is 4.51. The van der Waals surface area contributed by atoms with Gasteiger partial charge in [-0.05, 0) is 52.5 Å². The lowest BCUT2D eigenvalue weighted by Gasteiger charge is -2.10. The van der Waals surface area contributed by atoms with Gasteiger partial charge in [0.15, 0.2) is 0 Å². The first-order valence-electron chi connectivity index (χ1n) is 5.58. The fourth-order valence-corrected chi connectivity index (χ4v) is 2.14. The summed E-state index contributed by atoms with van der Waals surface area (Å²) in [5.74, 6) is 1.48. The molecular formula is C14H14BrNO. The van der Waals surface area contributed by atoms with E-state index >= 15 is 0 Å². The van der Waals surface area contributed by atoms with Crippen molar-refractivity contribution in [1.82, 2.24) is 4.98 Å². The smallest absolute Gasteiger partial charge is 0.233 e. The maximum Gasteiger partial charge on any atom is 0.233 e. The van der Waals surface area contributed by atoms with Gasteiger partial charge in [-0.15, -0.1) is 0 Å². The summed E-state index contributed by atoms with van der Waals surface area (Å²) in [6, 6.07) is 10.0. The largest absolute Gasteiger partial charge is 0.438 e. The fourth-order valence-electron chi connectivity index (χ4n) is 1.60. The van der Waals surface area contributed by atoms with Gasteiger partial charge >= 0.3 is 0 Å². The van der Waals surface area contributed by atoms with Crippen molar-refractivity contribution in [3.63, 3.8) is 0 Å². The van der Waals surface area contributed by atoms with Gasteiger partial charge in [-0.1, -0.05) is 25.1 Å². The standard InChI is InChI=1S/C14H14BrNO/c1-3-11-6-4-5-7-13(11)17-14-12(15)8-10(2)9-16-14/h4-9H,3H2,1-2H3. The van der Waals surface area contributed by atoms with Crippen molar-refractivity contribution in [2.45, 2.75) is 20.3 Å². The summed E-state index contributed by atoms with van der Waals surface area (Å²) < 4.78 is 6.71. The lowest BCUT2D eigenvalue weighted by molar-refractivity contribution is 0.454. The molecule has 88 valence electrons. The second-order valence-electron chi connectivity index (χ2n) is 3.86. The van der Waals surface area contributed by atoms with Gasteiger partial charge < -0.3 is 4.74 Å². The Kier molecular flexibility index (Phi) is 3.79. The maximum absolute atomic E-state index is 5.83. The average Bonchev–Trinajstić information content (AvgIpc) is 2.33. The lowest BCUT2D eigenvalue weighted by atomic mass is 10.1. The van der Waals surface area contributed by atoms with Gasteiger partial charge in [0, 0.05) is 6.20 Å². The zero-order valence-corrected chi connectivity index (χ0v) is 11.5. The van der Waals surface area contributed by atoms with Crippen molar-refractivity contribution in [1.29, 1.82) is 0 Å². The highest BCUT2D eigenvalue weighted by atomic mass is 79.9. The Morgan fingerprint density at radius 3 is 2.76 bits per heavy atom. The highest BCUT2D eigenvalue weighted by Crippen LogP contribution is 2.30. The molecule has 17 heavy (non-hydrogen) atoms. The molecule has 0 atom stereocenters. The van der Waals surface area contributed by atoms with Gasteiger partial charge in [0.25, 0.3) is 0 Å². The monoisotopic (exact) mass is 291 g/mol. The lowest BCUT2D eigenvalue weighted by Crippen LogP contribution is -1.93. The van der Waals surface area contributed by atoms with E-state index in [2.05, 4.69) is 33.9 Å². The minimum atomic E-state index is 0.608. The van der Waals surface area contributed by atoms with E-state index in [1.807, 2.05) is 31.2 Å². The zero-order chi connectivity index (χ0) is 12.3. The molecule has 0 saturated heterocycles. The van der Waals surface area contributed by atoms with Crippen LogP contribution in [0.2, 0.25) is 0 Å². The predicted molar refractivity (Wildman–Crippen MR) is 72.6 cm³/mol. The normalized spacial score (nSPS) is 10.3. The highest BCUT2D eigenvalue weighted by molar-refractivity contribution is 9.10. The van der Waals surface area contributed by atoms with E-state index < -0.39 is 0 Å². The first-order valence-corrected chi connectivity index (χ1v) is 6.38. The summed E-state index contributed by atoms with van der Waals surface area (Å²) in [4.78, 5) is 4.28. The van der Waals surface area contributed by atoms with E-state index in [-0.39, 0.29) is 0 Å². The Balaban J connectivity index is 2.31. The molecule has 1 aromatic heterocycles. The molecule has 0 radical (unpaired) electrons. The van der Waals surface area contributed by atoms with Crippen LogP contribution in [0.1, 0.15) is 18.1 Å². The van der Waals surface area contributed by atoms with Crippen LogP contribution in [-0.4, -0.2) is 4.98 Å². The van der Waals surface area contributed by atoms with E-state index in [0.717, 1.165) is 22.2 Å². The molecule has 0 N–H and O–H groups in total. The van der Waals surface area contributed by atoms with E-state index in [1.165, 1.54) is 5.56 Å². The number of pyridine rings is 1. The summed E-state index contributed by atoms with van der Waals surface area (Å²) in [5.41, 5.74) is 2.29. The Morgan fingerprint density at radius 2 is 2.06 bits per heavy atom. The van der Waals surface area contributed by atoms with Gasteiger partial charge in [-0.25, -0.2) is 4.98 Å². The minimum absolute atomic E-state index is 0.608. The first kappa shape index (κ1) is 12.1. The second kappa shape index (κ2) is 5.32. The summed E-state index contributed by atoms with van der Waals surface area (Å²) in [6.07, 6.45) is 2.74. The fraction of sp³-hybridized carbons (Fsp3) is 0.214. The molecule has 0 spiro atoms. The molecule has 0 aliphatic rings. The van der Waals surface area contributed by atoms with Crippen molar-refractivity contribution in [3.05, 3.63) is 52.1 Å². The minimum Gasteiger partial charge on any atom is -0.438 e. The molecular weight excluding hydrogens is 278 g/mol. The van der Waals surface area contributed by atoms with Crippen LogP contribution in [0.3, 0.4) is 0 Å². The van der Waals surface area contributed by atoms with Crippen LogP contribution in [0.5, 0.6) is 11.6 Å². The van der Waals surface area contributed by atoms with Crippen LogP contribution in [0, 0.1) is 6.92 Å². The van der Waals surface area contributed by atoms with Crippen LogP contribution in [0.25, 0.3) is 0 Å². The number of rotatable bonds is 3. The molecule has 0 fully saturated rings. The van der Waals surface area contributed by atoms with Crippen LogP contribution in [0.15, 0.2) is 41.0 Å². The zero-order valence-electron chi connectivity index (χ0n) is 9.90. The number of aromatic nitrogens is 1. The Labute approximate surface area is 110 Å². The summed E-state index contributed by atoms with van der Waals surface area (Å²) >= 11 is 3.46. The molecule has 0 saturated carbocycles. The number of halogens is 1. The Hall–Kier alpha value is -1.35. The van der Waals surface area contributed by atoms with E-state index in [0.29, 0.717) is 5.88 Å². The highest BCUT2D eigenvalue weighted by Gasteiger charge is 2.07. The summed E-state index contributed by atoms with van der Waals surface area (Å²) in [6.45, 7) is 4.11. The van der Waals surface area contributed by atoms with E-state index in [4.69, 9.17) is 4.74 Å². The molecule has 2 rings (SSSR count). The number of hydrogen-bond donors (Lipinski definition) is 0. The second-order valence-corrected chi connectivity index (χ2v) is 4.72. The molecule has 3 heteroatoms. The Bertz CT molecular complexity index is 525. The molecule has 0 unspecified atom stereocenters. The van der Waals surface area contributed by atoms with Crippen molar-refractivity contribution in [2.75, 3.05) is 0 Å². The van der Waals surface area contributed by atoms with Crippen LogP contribution >= 0.6 is 15.9 Å². The molecule has 2 aromatic rings. The number of nitrogens with zero attached hydrogens (tertiary/aromatic N) is 1. The van der Waals surface area contributed by atoms with Gasteiger partial charge in [-0.3, -0.25) is 0 Å². The number of hydrogen-bond acceptors (Lipinski definition) is 2. The molecule has 0 aliphatic carbocycles. The van der Waals surface area contributed by atoms with Gasteiger partial charge in [0.2, 0.25) is 5.88 Å². The molecule has 0 bridgehead atoms. The number of aryl methyl sites for hydroxylation is 2. The quantitative estimate of drug-likeness (QED) is 0.830. The maximum atomic E-state index is 5.83. The number of benzene rings is 1. The number of ether oxygens (including phenoxy) is 1. The third-order valence-electron chi connectivity index (χ3n) is 2.50. The topological polar surface area (TPSA) is 22.1 Å². The van der Waals surface area contributed by atoms with Crippen molar-refractivity contribution >= 4 is 15.9 Å². The SMILES string of the molecule is CCc1ccccc1Oc1ncc(C)cc1Br.